The number of anilines is 1. The van der Waals surface area contributed by atoms with Crippen LogP contribution in [0.25, 0.3) is 0 Å². The van der Waals surface area contributed by atoms with Gasteiger partial charge in [0, 0.05) is 32.6 Å². The van der Waals surface area contributed by atoms with Gasteiger partial charge in [-0.3, -0.25) is 14.7 Å². The second kappa shape index (κ2) is 8.43. The van der Waals surface area contributed by atoms with Crippen LogP contribution in [-0.2, 0) is 26.1 Å². The summed E-state index contributed by atoms with van der Waals surface area (Å²) < 4.78 is 26.4. The average molecular weight is 407 g/mol. The normalized spacial score (nSPS) is 13.5. The second-order valence-corrected chi connectivity index (χ2v) is 7.21. The van der Waals surface area contributed by atoms with Crippen LogP contribution in [0.5, 0.6) is 0 Å². The van der Waals surface area contributed by atoms with Gasteiger partial charge < -0.3 is 5.32 Å². The van der Waals surface area contributed by atoms with Gasteiger partial charge in [0.05, 0.1) is 22.9 Å². The molecule has 1 aliphatic rings. The lowest BCUT2D eigenvalue weighted by molar-refractivity contribution is 0.242. The number of benzene rings is 2. The van der Waals surface area contributed by atoms with E-state index in [0.29, 0.717) is 42.1 Å². The Bertz CT molecular complexity index is 1180. The smallest absolute Gasteiger partial charge is 0.257 e. The molecule has 0 atom stereocenters. The minimum atomic E-state index is -0.915. The van der Waals surface area contributed by atoms with Crippen molar-refractivity contribution < 1.29 is 8.78 Å². The standard InChI is InChI=1S/C22H19F2N5O/c23-18-5-4-15(9-19(18)24)11-26-22-27-20-6-7-29(13-17(20)21(30)28-22)12-16-3-1-2-14(8-16)10-25/h1-5,8-9H,6-7,11-13H2,(H2,26,27,28,30). The first-order chi connectivity index (χ1) is 14.5. The van der Waals surface area contributed by atoms with Crippen molar-refractivity contribution >= 4 is 5.95 Å². The van der Waals surface area contributed by atoms with Crippen molar-refractivity contribution in [3.8, 4) is 6.07 Å². The summed E-state index contributed by atoms with van der Waals surface area (Å²) in [5, 5.41) is 12.0. The van der Waals surface area contributed by atoms with Gasteiger partial charge in [-0.15, -0.1) is 0 Å². The van der Waals surface area contributed by atoms with E-state index >= 15 is 0 Å². The SMILES string of the molecule is N#Cc1cccc(CN2CCc3nc(NCc4ccc(F)c(F)c4)[nH]c(=O)c3C2)c1. The molecule has 30 heavy (non-hydrogen) atoms. The lowest BCUT2D eigenvalue weighted by Crippen LogP contribution is -2.35. The minimum absolute atomic E-state index is 0.209. The molecule has 6 nitrogen and oxygen atoms in total. The van der Waals surface area contributed by atoms with Gasteiger partial charge in [-0.25, -0.2) is 13.8 Å². The van der Waals surface area contributed by atoms with Gasteiger partial charge in [0.1, 0.15) is 0 Å². The Morgan fingerprint density at radius 2 is 2.03 bits per heavy atom. The highest BCUT2D eigenvalue weighted by Crippen LogP contribution is 2.18. The molecule has 0 fully saturated rings. The van der Waals surface area contributed by atoms with Crippen molar-refractivity contribution in [1.82, 2.24) is 14.9 Å². The molecule has 152 valence electrons. The fourth-order valence-electron chi connectivity index (χ4n) is 3.53. The molecule has 0 aliphatic carbocycles. The molecular weight excluding hydrogens is 388 g/mol. The number of halogens is 2. The van der Waals surface area contributed by atoms with E-state index < -0.39 is 11.6 Å². The molecule has 0 spiro atoms. The number of aromatic nitrogens is 2. The van der Waals surface area contributed by atoms with E-state index in [2.05, 4.69) is 26.3 Å². The van der Waals surface area contributed by atoms with Gasteiger partial charge in [-0.1, -0.05) is 18.2 Å². The fraction of sp³-hybridized carbons (Fsp3) is 0.227. The summed E-state index contributed by atoms with van der Waals surface area (Å²) in [6.07, 6.45) is 0.622. The molecule has 1 aromatic heterocycles. The molecule has 0 unspecified atom stereocenters. The lowest BCUT2D eigenvalue weighted by Gasteiger charge is -2.27. The monoisotopic (exact) mass is 407 g/mol. The Kier molecular flexibility index (Phi) is 5.55. The molecule has 4 rings (SSSR count). The maximum absolute atomic E-state index is 13.3. The van der Waals surface area contributed by atoms with E-state index in [1.54, 1.807) is 6.07 Å². The summed E-state index contributed by atoms with van der Waals surface area (Å²) in [6.45, 7) is 2.06. The number of fused-ring (bicyclic) bond motifs is 1. The Morgan fingerprint density at radius 1 is 1.17 bits per heavy atom. The van der Waals surface area contributed by atoms with Gasteiger partial charge in [0.2, 0.25) is 5.95 Å². The third-order valence-electron chi connectivity index (χ3n) is 5.05. The fourth-order valence-corrected chi connectivity index (χ4v) is 3.53. The third-order valence-corrected chi connectivity index (χ3v) is 5.05. The van der Waals surface area contributed by atoms with Crippen LogP contribution in [-0.4, -0.2) is 21.4 Å². The van der Waals surface area contributed by atoms with E-state index in [9.17, 15) is 13.6 Å². The van der Waals surface area contributed by atoms with Crippen LogP contribution < -0.4 is 10.9 Å². The first kappa shape index (κ1) is 19.7. The maximum Gasteiger partial charge on any atom is 0.257 e. The topological polar surface area (TPSA) is 84.8 Å². The zero-order valence-corrected chi connectivity index (χ0v) is 16.1. The molecule has 0 radical (unpaired) electrons. The van der Waals surface area contributed by atoms with Gasteiger partial charge in [-0.2, -0.15) is 5.26 Å². The second-order valence-electron chi connectivity index (χ2n) is 7.21. The zero-order valence-electron chi connectivity index (χ0n) is 16.1. The molecule has 2 heterocycles. The van der Waals surface area contributed by atoms with Crippen molar-refractivity contribution in [3.63, 3.8) is 0 Å². The number of H-pyrrole nitrogens is 1. The average Bonchev–Trinajstić information content (AvgIpc) is 2.75. The molecule has 0 saturated carbocycles. The summed E-state index contributed by atoms with van der Waals surface area (Å²) in [7, 11) is 0. The molecule has 0 saturated heterocycles. The number of rotatable bonds is 5. The van der Waals surface area contributed by atoms with Gasteiger partial charge in [0.25, 0.3) is 5.56 Å². The summed E-state index contributed by atoms with van der Waals surface area (Å²) in [5.41, 5.74) is 3.31. The van der Waals surface area contributed by atoms with E-state index in [1.165, 1.54) is 6.07 Å². The number of nitrogens with zero attached hydrogens (tertiary/aromatic N) is 3. The molecular formula is C22H19F2N5O. The molecule has 0 amide bonds. The number of hydrogen-bond acceptors (Lipinski definition) is 5. The van der Waals surface area contributed by atoms with E-state index in [1.807, 2.05) is 18.2 Å². The number of nitrogens with one attached hydrogen (secondary N) is 2. The first-order valence-electron chi connectivity index (χ1n) is 9.53. The van der Waals surface area contributed by atoms with Crippen molar-refractivity contribution in [1.29, 1.82) is 5.26 Å². The van der Waals surface area contributed by atoms with E-state index in [4.69, 9.17) is 5.26 Å². The zero-order chi connectivity index (χ0) is 21.1. The number of nitriles is 1. The molecule has 8 heteroatoms. The van der Waals surface area contributed by atoms with Gasteiger partial charge in [-0.05, 0) is 35.4 Å². The van der Waals surface area contributed by atoms with Crippen LogP contribution in [0.4, 0.5) is 14.7 Å². The lowest BCUT2D eigenvalue weighted by atomic mass is 10.1. The van der Waals surface area contributed by atoms with Crippen molar-refractivity contribution in [2.45, 2.75) is 26.1 Å². The summed E-state index contributed by atoms with van der Waals surface area (Å²) in [4.78, 5) is 21.9. The van der Waals surface area contributed by atoms with Crippen molar-refractivity contribution in [2.24, 2.45) is 0 Å². The van der Waals surface area contributed by atoms with Crippen LogP contribution in [0.2, 0.25) is 0 Å². The van der Waals surface area contributed by atoms with Crippen LogP contribution in [0, 0.1) is 23.0 Å². The summed E-state index contributed by atoms with van der Waals surface area (Å²) in [6, 6.07) is 13.2. The van der Waals surface area contributed by atoms with Gasteiger partial charge >= 0.3 is 0 Å². The predicted molar refractivity (Wildman–Crippen MR) is 108 cm³/mol. The van der Waals surface area contributed by atoms with Crippen LogP contribution in [0.15, 0.2) is 47.3 Å². The predicted octanol–water partition coefficient (Wildman–Crippen LogP) is 3.09. The maximum atomic E-state index is 13.3. The van der Waals surface area contributed by atoms with E-state index in [-0.39, 0.29) is 12.1 Å². The van der Waals surface area contributed by atoms with E-state index in [0.717, 1.165) is 29.9 Å². The Balaban J connectivity index is 1.45. The minimum Gasteiger partial charge on any atom is -0.352 e. The molecule has 1 aliphatic heterocycles. The van der Waals surface area contributed by atoms with Crippen LogP contribution >= 0.6 is 0 Å². The number of hydrogen-bond donors (Lipinski definition) is 2. The quantitative estimate of drug-likeness (QED) is 0.679. The van der Waals surface area contributed by atoms with Crippen molar-refractivity contribution in [3.05, 3.63) is 92.4 Å². The number of aromatic amines is 1. The highest BCUT2D eigenvalue weighted by molar-refractivity contribution is 5.34. The first-order valence-corrected chi connectivity index (χ1v) is 9.53. The highest BCUT2D eigenvalue weighted by atomic mass is 19.2. The highest BCUT2D eigenvalue weighted by Gasteiger charge is 2.21. The Labute approximate surface area is 171 Å². The Hall–Kier alpha value is -3.57. The molecule has 3 aromatic rings. The molecule has 0 bridgehead atoms. The summed E-state index contributed by atoms with van der Waals surface area (Å²) in [5.74, 6) is -1.51. The largest absolute Gasteiger partial charge is 0.352 e. The molecule has 2 N–H and O–H groups in total. The molecule has 2 aromatic carbocycles. The van der Waals surface area contributed by atoms with Crippen LogP contribution in [0.3, 0.4) is 0 Å². The van der Waals surface area contributed by atoms with Crippen LogP contribution in [0.1, 0.15) is 27.9 Å². The summed E-state index contributed by atoms with van der Waals surface area (Å²) >= 11 is 0. The van der Waals surface area contributed by atoms with Crippen molar-refractivity contribution in [2.75, 3.05) is 11.9 Å². The third kappa shape index (κ3) is 4.36. The van der Waals surface area contributed by atoms with Gasteiger partial charge in [0.15, 0.2) is 11.6 Å². The Morgan fingerprint density at radius 3 is 2.83 bits per heavy atom.